The van der Waals surface area contributed by atoms with E-state index in [-0.39, 0.29) is 6.04 Å². The summed E-state index contributed by atoms with van der Waals surface area (Å²) in [5, 5.41) is 2.79. The van der Waals surface area contributed by atoms with E-state index in [1.807, 2.05) is 27.7 Å². The second kappa shape index (κ2) is 8.17. The van der Waals surface area contributed by atoms with Crippen molar-refractivity contribution < 1.29 is 14.3 Å². The van der Waals surface area contributed by atoms with E-state index < -0.39 is 11.7 Å². The predicted octanol–water partition coefficient (Wildman–Crippen LogP) is 3.31. The van der Waals surface area contributed by atoms with Crippen LogP contribution in [0.4, 0.5) is 4.79 Å². The number of rotatable bonds is 6. The molecule has 118 valence electrons. The van der Waals surface area contributed by atoms with Crippen LogP contribution in [0.5, 0.6) is 6.01 Å². The van der Waals surface area contributed by atoms with Crippen LogP contribution >= 0.6 is 15.9 Å². The Labute approximate surface area is 133 Å². The highest BCUT2D eigenvalue weighted by molar-refractivity contribution is 9.10. The fourth-order valence-electron chi connectivity index (χ4n) is 1.52. The smallest absolute Gasteiger partial charge is 0.407 e. The van der Waals surface area contributed by atoms with E-state index in [4.69, 9.17) is 9.47 Å². The Morgan fingerprint density at radius 2 is 2.19 bits per heavy atom. The molecule has 1 heterocycles. The van der Waals surface area contributed by atoms with Gasteiger partial charge in [0, 0.05) is 12.2 Å². The summed E-state index contributed by atoms with van der Waals surface area (Å²) in [5.41, 5.74) is -0.481. The van der Waals surface area contributed by atoms with Crippen molar-refractivity contribution in [1.82, 2.24) is 15.3 Å². The van der Waals surface area contributed by atoms with Crippen LogP contribution in [0.25, 0.3) is 0 Å². The van der Waals surface area contributed by atoms with E-state index in [0.717, 1.165) is 12.8 Å². The average molecular weight is 360 g/mol. The van der Waals surface area contributed by atoms with Gasteiger partial charge in [0.25, 0.3) is 0 Å². The molecular weight excluding hydrogens is 338 g/mol. The van der Waals surface area contributed by atoms with Crippen LogP contribution in [-0.4, -0.2) is 34.3 Å². The monoisotopic (exact) mass is 359 g/mol. The third-order valence-corrected chi connectivity index (χ3v) is 2.82. The molecule has 1 N–H and O–H groups in total. The highest BCUT2D eigenvalue weighted by Crippen LogP contribution is 2.10. The zero-order valence-corrected chi connectivity index (χ0v) is 14.4. The van der Waals surface area contributed by atoms with Crippen molar-refractivity contribution in [2.75, 3.05) is 6.61 Å². The van der Waals surface area contributed by atoms with Gasteiger partial charge in [0.1, 0.15) is 10.2 Å². The molecule has 0 saturated carbocycles. The van der Waals surface area contributed by atoms with E-state index in [2.05, 4.69) is 31.2 Å². The summed E-state index contributed by atoms with van der Waals surface area (Å²) < 4.78 is 11.3. The molecule has 1 amide bonds. The molecule has 6 nitrogen and oxygen atoms in total. The van der Waals surface area contributed by atoms with E-state index in [1.165, 1.54) is 0 Å². The summed E-state index contributed by atoms with van der Waals surface area (Å²) in [4.78, 5) is 19.6. The SMILES string of the molecule is C[C@@H](CCCOc1nccc(Br)n1)NC(=O)OC(C)(C)C. The number of hydrogen-bond donors (Lipinski definition) is 1. The van der Waals surface area contributed by atoms with Gasteiger partial charge in [-0.15, -0.1) is 0 Å². The number of carbonyl (C=O) groups is 1. The van der Waals surface area contributed by atoms with Crippen molar-refractivity contribution in [3.8, 4) is 6.01 Å². The van der Waals surface area contributed by atoms with E-state index in [1.54, 1.807) is 12.3 Å². The van der Waals surface area contributed by atoms with Gasteiger partial charge >= 0.3 is 12.1 Å². The molecule has 0 fully saturated rings. The maximum atomic E-state index is 11.6. The van der Waals surface area contributed by atoms with E-state index >= 15 is 0 Å². The van der Waals surface area contributed by atoms with Gasteiger partial charge in [-0.3, -0.25) is 0 Å². The summed E-state index contributed by atoms with van der Waals surface area (Å²) in [6, 6.07) is 2.10. The van der Waals surface area contributed by atoms with Gasteiger partial charge in [-0.1, -0.05) is 0 Å². The normalized spacial score (nSPS) is 12.6. The highest BCUT2D eigenvalue weighted by Gasteiger charge is 2.17. The van der Waals surface area contributed by atoms with Gasteiger partial charge in [-0.05, 0) is 62.5 Å². The molecule has 0 unspecified atom stereocenters. The summed E-state index contributed by atoms with van der Waals surface area (Å²) >= 11 is 3.25. The van der Waals surface area contributed by atoms with Crippen molar-refractivity contribution in [1.29, 1.82) is 0 Å². The summed E-state index contributed by atoms with van der Waals surface area (Å²) in [7, 11) is 0. The highest BCUT2D eigenvalue weighted by atomic mass is 79.9. The van der Waals surface area contributed by atoms with Crippen molar-refractivity contribution in [3.63, 3.8) is 0 Å². The molecule has 0 spiro atoms. The quantitative estimate of drug-likeness (QED) is 0.622. The third-order valence-electron chi connectivity index (χ3n) is 2.38. The minimum atomic E-state index is -0.481. The molecule has 0 aromatic carbocycles. The Hall–Kier alpha value is -1.37. The Bertz CT molecular complexity index is 463. The first-order valence-electron chi connectivity index (χ1n) is 6.87. The summed E-state index contributed by atoms with van der Waals surface area (Å²) in [6.45, 7) is 7.94. The first kappa shape index (κ1) is 17.7. The number of amides is 1. The lowest BCUT2D eigenvalue weighted by atomic mass is 10.2. The number of halogens is 1. The van der Waals surface area contributed by atoms with Crippen LogP contribution in [0.1, 0.15) is 40.5 Å². The van der Waals surface area contributed by atoms with Crippen LogP contribution in [0.2, 0.25) is 0 Å². The van der Waals surface area contributed by atoms with Gasteiger partial charge in [-0.2, -0.15) is 4.98 Å². The number of carbonyl (C=O) groups excluding carboxylic acids is 1. The third kappa shape index (κ3) is 8.49. The number of nitrogens with one attached hydrogen (secondary N) is 1. The fourth-order valence-corrected chi connectivity index (χ4v) is 1.79. The molecule has 1 aromatic rings. The molecule has 1 rings (SSSR count). The number of nitrogens with zero attached hydrogens (tertiary/aromatic N) is 2. The Balaban J connectivity index is 2.19. The minimum Gasteiger partial charge on any atom is -0.463 e. The Morgan fingerprint density at radius 1 is 1.48 bits per heavy atom. The number of hydrogen-bond acceptors (Lipinski definition) is 5. The lowest BCUT2D eigenvalue weighted by Crippen LogP contribution is -2.37. The molecule has 1 aromatic heterocycles. The molecule has 0 bridgehead atoms. The number of aromatic nitrogens is 2. The summed E-state index contributed by atoms with van der Waals surface area (Å²) in [6.07, 6.45) is 2.80. The maximum Gasteiger partial charge on any atom is 0.407 e. The van der Waals surface area contributed by atoms with Crippen LogP contribution in [-0.2, 0) is 4.74 Å². The first-order chi connectivity index (χ1) is 9.76. The van der Waals surface area contributed by atoms with Gasteiger partial charge in [-0.25, -0.2) is 9.78 Å². The molecule has 0 aliphatic heterocycles. The summed E-state index contributed by atoms with van der Waals surface area (Å²) in [5.74, 6) is 0. The van der Waals surface area contributed by atoms with E-state index in [9.17, 15) is 4.79 Å². The van der Waals surface area contributed by atoms with Crippen molar-refractivity contribution in [3.05, 3.63) is 16.9 Å². The van der Waals surface area contributed by atoms with Crippen molar-refractivity contribution in [2.24, 2.45) is 0 Å². The lowest BCUT2D eigenvalue weighted by Gasteiger charge is -2.21. The van der Waals surface area contributed by atoms with Crippen LogP contribution in [0, 0.1) is 0 Å². The van der Waals surface area contributed by atoms with Gasteiger partial charge in [0.15, 0.2) is 0 Å². The molecule has 0 radical (unpaired) electrons. The zero-order chi connectivity index (χ0) is 15.9. The van der Waals surface area contributed by atoms with Crippen LogP contribution in [0.15, 0.2) is 16.9 Å². The van der Waals surface area contributed by atoms with Crippen molar-refractivity contribution in [2.45, 2.75) is 52.2 Å². The van der Waals surface area contributed by atoms with Gasteiger partial charge in [0.2, 0.25) is 0 Å². The standard InChI is InChI=1S/C14H22BrN3O3/c1-10(17-13(19)21-14(2,3)4)6-5-9-20-12-16-8-7-11(15)18-12/h7-8,10H,5-6,9H2,1-4H3,(H,17,19)/t10-/m0/s1. The molecular formula is C14H22BrN3O3. The van der Waals surface area contributed by atoms with Crippen LogP contribution in [0.3, 0.4) is 0 Å². The molecule has 0 saturated heterocycles. The number of alkyl carbamates (subject to hydrolysis) is 1. The minimum absolute atomic E-state index is 0.0203. The molecule has 0 aliphatic rings. The maximum absolute atomic E-state index is 11.6. The Morgan fingerprint density at radius 3 is 2.81 bits per heavy atom. The topological polar surface area (TPSA) is 73.3 Å². The lowest BCUT2D eigenvalue weighted by molar-refractivity contribution is 0.0504. The molecule has 0 aliphatic carbocycles. The average Bonchev–Trinajstić information content (AvgIpc) is 2.32. The fraction of sp³-hybridized carbons (Fsp3) is 0.643. The second-order valence-electron chi connectivity index (χ2n) is 5.70. The largest absolute Gasteiger partial charge is 0.463 e. The van der Waals surface area contributed by atoms with Crippen LogP contribution < -0.4 is 10.1 Å². The predicted molar refractivity (Wildman–Crippen MR) is 83.3 cm³/mol. The number of ether oxygens (including phenoxy) is 2. The van der Waals surface area contributed by atoms with Gasteiger partial charge < -0.3 is 14.8 Å². The second-order valence-corrected chi connectivity index (χ2v) is 6.51. The zero-order valence-electron chi connectivity index (χ0n) is 12.9. The van der Waals surface area contributed by atoms with Crippen molar-refractivity contribution >= 4 is 22.0 Å². The van der Waals surface area contributed by atoms with Gasteiger partial charge in [0.05, 0.1) is 6.61 Å². The molecule has 7 heteroatoms. The first-order valence-corrected chi connectivity index (χ1v) is 7.66. The van der Waals surface area contributed by atoms with E-state index in [0.29, 0.717) is 17.2 Å². The Kier molecular flexibility index (Phi) is 6.87. The molecule has 1 atom stereocenters. The molecule has 21 heavy (non-hydrogen) atoms.